The number of rotatable bonds is 10. The van der Waals surface area contributed by atoms with Crippen molar-refractivity contribution in [3.63, 3.8) is 0 Å². The molecule has 0 bridgehead atoms. The van der Waals surface area contributed by atoms with Gasteiger partial charge in [0, 0.05) is 5.69 Å². The SMILES string of the molecule is COC(=O)[C@@H](NC(=O)c1ccc(-c2ccc(OC)cc2)cc1NC(=O)Nc1c(C)cc(C2CC2)cc1C)C(C)OC(C)(C)C. The molecule has 9 heteroatoms. The lowest BCUT2D eigenvalue weighted by Crippen LogP contribution is -2.51. The standard InChI is InChI=1S/C35H43N3O6/c1-20-17-26(24-9-10-24)18-21(2)30(20)38-34(41)36-29-19-25(23-11-14-27(42-7)15-12-23)13-16-28(29)32(39)37-31(33(40)43-8)22(3)44-35(4,5)6/h11-19,22,24,31H,9-10H2,1-8H3,(H,37,39)(H2,36,38,41)/t22?,31-/m0/s1. The number of esters is 1. The van der Waals surface area contributed by atoms with Gasteiger partial charge in [0.15, 0.2) is 6.04 Å². The van der Waals surface area contributed by atoms with Gasteiger partial charge in [-0.2, -0.15) is 0 Å². The Balaban J connectivity index is 1.65. The molecule has 1 fully saturated rings. The van der Waals surface area contributed by atoms with Crippen molar-refractivity contribution in [2.75, 3.05) is 24.9 Å². The minimum absolute atomic E-state index is 0.173. The summed E-state index contributed by atoms with van der Waals surface area (Å²) >= 11 is 0. The average molecular weight is 602 g/mol. The van der Waals surface area contributed by atoms with Crippen molar-refractivity contribution in [2.45, 2.75) is 78.0 Å². The molecular weight excluding hydrogens is 558 g/mol. The minimum atomic E-state index is -1.08. The summed E-state index contributed by atoms with van der Waals surface area (Å²) in [6.45, 7) is 11.2. The number of carbonyl (C=O) groups excluding carboxylic acids is 3. The number of benzene rings is 3. The molecule has 4 rings (SSSR count). The molecule has 0 aliphatic heterocycles. The molecule has 44 heavy (non-hydrogen) atoms. The van der Waals surface area contributed by atoms with E-state index >= 15 is 0 Å². The molecule has 9 nitrogen and oxygen atoms in total. The number of urea groups is 1. The second kappa shape index (κ2) is 13.5. The van der Waals surface area contributed by atoms with Gasteiger partial charge >= 0.3 is 12.0 Å². The van der Waals surface area contributed by atoms with E-state index < -0.39 is 35.7 Å². The monoisotopic (exact) mass is 601 g/mol. The Morgan fingerprint density at radius 3 is 2.02 bits per heavy atom. The predicted octanol–water partition coefficient (Wildman–Crippen LogP) is 6.98. The molecule has 1 aliphatic rings. The lowest BCUT2D eigenvalue weighted by molar-refractivity contribution is -0.150. The van der Waals surface area contributed by atoms with Crippen LogP contribution in [0.15, 0.2) is 54.6 Å². The summed E-state index contributed by atoms with van der Waals surface area (Å²) in [7, 11) is 2.86. The molecule has 3 N–H and O–H groups in total. The van der Waals surface area contributed by atoms with E-state index in [2.05, 4.69) is 28.1 Å². The molecule has 2 atom stereocenters. The maximum atomic E-state index is 13.7. The van der Waals surface area contributed by atoms with Crippen LogP contribution in [0.3, 0.4) is 0 Å². The second-order valence-electron chi connectivity index (χ2n) is 12.3. The van der Waals surface area contributed by atoms with E-state index in [4.69, 9.17) is 14.2 Å². The van der Waals surface area contributed by atoms with Crippen LogP contribution < -0.4 is 20.7 Å². The molecule has 0 spiro atoms. The highest BCUT2D eigenvalue weighted by atomic mass is 16.5. The smallest absolute Gasteiger partial charge is 0.331 e. The van der Waals surface area contributed by atoms with Crippen molar-refractivity contribution in [3.05, 3.63) is 76.9 Å². The van der Waals surface area contributed by atoms with Crippen LogP contribution >= 0.6 is 0 Å². The minimum Gasteiger partial charge on any atom is -0.497 e. The first-order chi connectivity index (χ1) is 20.8. The fourth-order valence-corrected chi connectivity index (χ4v) is 5.26. The Hall–Kier alpha value is -4.37. The van der Waals surface area contributed by atoms with Gasteiger partial charge in [-0.1, -0.05) is 30.3 Å². The number of carbonyl (C=O) groups is 3. The van der Waals surface area contributed by atoms with E-state index in [-0.39, 0.29) is 11.3 Å². The first-order valence-corrected chi connectivity index (χ1v) is 14.8. The van der Waals surface area contributed by atoms with Crippen LogP contribution in [0.25, 0.3) is 11.1 Å². The third-order valence-corrected chi connectivity index (χ3v) is 7.53. The molecule has 1 saturated carbocycles. The van der Waals surface area contributed by atoms with Gasteiger partial charge < -0.3 is 30.2 Å². The molecule has 0 saturated heterocycles. The Kier molecular flexibility index (Phi) is 9.99. The topological polar surface area (TPSA) is 115 Å². The zero-order chi connectivity index (χ0) is 32.2. The number of ether oxygens (including phenoxy) is 3. The normalized spacial score (nSPS) is 14.3. The van der Waals surface area contributed by atoms with E-state index in [1.807, 2.05) is 58.9 Å². The van der Waals surface area contributed by atoms with Crippen molar-refractivity contribution in [1.82, 2.24) is 5.32 Å². The maximum absolute atomic E-state index is 13.7. The summed E-state index contributed by atoms with van der Waals surface area (Å²) in [6, 6.07) is 15.3. The van der Waals surface area contributed by atoms with Crippen LogP contribution in [0.1, 0.15) is 73.5 Å². The number of hydrogen-bond acceptors (Lipinski definition) is 6. The number of nitrogens with one attached hydrogen (secondary N) is 3. The largest absolute Gasteiger partial charge is 0.497 e. The van der Waals surface area contributed by atoms with Gasteiger partial charge in [-0.25, -0.2) is 9.59 Å². The van der Waals surface area contributed by atoms with E-state index in [0.29, 0.717) is 11.7 Å². The van der Waals surface area contributed by atoms with Gasteiger partial charge in [-0.3, -0.25) is 4.79 Å². The van der Waals surface area contributed by atoms with Crippen LogP contribution in [-0.2, 0) is 14.3 Å². The third kappa shape index (κ3) is 8.17. The van der Waals surface area contributed by atoms with Gasteiger partial charge in [0.2, 0.25) is 0 Å². The Bertz CT molecular complexity index is 1500. The summed E-state index contributed by atoms with van der Waals surface area (Å²) in [5, 5.41) is 8.61. The van der Waals surface area contributed by atoms with Crippen molar-refractivity contribution in [3.8, 4) is 16.9 Å². The molecule has 1 aliphatic carbocycles. The molecule has 0 radical (unpaired) electrons. The summed E-state index contributed by atoms with van der Waals surface area (Å²) in [6.07, 6.45) is 1.70. The molecule has 3 aromatic carbocycles. The van der Waals surface area contributed by atoms with Crippen molar-refractivity contribution in [1.29, 1.82) is 0 Å². The van der Waals surface area contributed by atoms with Crippen molar-refractivity contribution < 1.29 is 28.6 Å². The van der Waals surface area contributed by atoms with Gasteiger partial charge in [0.25, 0.3) is 5.91 Å². The van der Waals surface area contributed by atoms with Gasteiger partial charge in [-0.15, -0.1) is 0 Å². The third-order valence-electron chi connectivity index (χ3n) is 7.53. The first-order valence-electron chi connectivity index (χ1n) is 14.8. The van der Waals surface area contributed by atoms with Crippen molar-refractivity contribution in [2.24, 2.45) is 0 Å². The average Bonchev–Trinajstić information content (AvgIpc) is 3.82. The van der Waals surface area contributed by atoms with Crippen LogP contribution in [0.5, 0.6) is 5.75 Å². The summed E-state index contributed by atoms with van der Waals surface area (Å²) in [4.78, 5) is 39.8. The number of anilines is 2. The van der Waals surface area contributed by atoms with E-state index in [0.717, 1.165) is 27.9 Å². The lowest BCUT2D eigenvalue weighted by Gasteiger charge is -2.30. The van der Waals surface area contributed by atoms with Gasteiger partial charge in [-0.05, 0) is 112 Å². The van der Waals surface area contributed by atoms with Crippen LogP contribution in [0.4, 0.5) is 16.2 Å². The Labute approximate surface area is 259 Å². The lowest BCUT2D eigenvalue weighted by atomic mass is 10.0. The fraction of sp³-hybridized carbons (Fsp3) is 0.400. The van der Waals surface area contributed by atoms with E-state index in [9.17, 15) is 14.4 Å². The fourth-order valence-electron chi connectivity index (χ4n) is 5.26. The Morgan fingerprint density at radius 1 is 0.864 bits per heavy atom. The molecule has 1 unspecified atom stereocenters. The molecule has 234 valence electrons. The highest BCUT2D eigenvalue weighted by molar-refractivity contribution is 6.08. The molecular formula is C35H43N3O6. The van der Waals surface area contributed by atoms with Gasteiger partial charge in [0.05, 0.1) is 37.2 Å². The summed E-state index contributed by atoms with van der Waals surface area (Å²) in [5.41, 5.74) is 5.48. The Morgan fingerprint density at radius 2 is 1.48 bits per heavy atom. The number of aryl methyl sites for hydroxylation is 2. The number of hydrogen-bond donors (Lipinski definition) is 3. The van der Waals surface area contributed by atoms with E-state index in [1.165, 1.54) is 25.5 Å². The number of methoxy groups -OCH3 is 2. The van der Waals surface area contributed by atoms with Crippen LogP contribution in [0.2, 0.25) is 0 Å². The maximum Gasteiger partial charge on any atom is 0.331 e. The second-order valence-corrected chi connectivity index (χ2v) is 12.3. The zero-order valence-electron chi connectivity index (χ0n) is 26.8. The summed E-state index contributed by atoms with van der Waals surface area (Å²) in [5.74, 6) is 0.101. The molecule has 3 aromatic rings. The predicted molar refractivity (Wildman–Crippen MR) is 173 cm³/mol. The van der Waals surface area contributed by atoms with E-state index in [1.54, 1.807) is 32.2 Å². The highest BCUT2D eigenvalue weighted by Gasteiger charge is 2.32. The highest BCUT2D eigenvalue weighted by Crippen LogP contribution is 2.42. The molecule has 0 aromatic heterocycles. The molecule has 3 amide bonds. The van der Waals surface area contributed by atoms with Gasteiger partial charge in [0.1, 0.15) is 5.75 Å². The zero-order valence-corrected chi connectivity index (χ0v) is 26.8. The van der Waals surface area contributed by atoms with Crippen molar-refractivity contribution >= 4 is 29.3 Å². The summed E-state index contributed by atoms with van der Waals surface area (Å²) < 4.78 is 16.2. The van der Waals surface area contributed by atoms with Crippen LogP contribution in [-0.4, -0.2) is 49.9 Å². The quantitative estimate of drug-likeness (QED) is 0.216. The molecule has 0 heterocycles. The van der Waals surface area contributed by atoms with Crippen LogP contribution in [0, 0.1) is 13.8 Å². The first kappa shape index (κ1) is 32.5. The number of amides is 3.